The molecule has 1 nitrogen and oxygen atoms in total. The van der Waals surface area contributed by atoms with E-state index in [1.54, 1.807) is 6.92 Å². The third-order valence-electron chi connectivity index (χ3n) is 1.94. The van der Waals surface area contributed by atoms with Gasteiger partial charge in [0.25, 0.3) is 0 Å². The summed E-state index contributed by atoms with van der Waals surface area (Å²) in [7, 11) is 0. The normalized spacial score (nSPS) is 21.7. The van der Waals surface area contributed by atoms with Gasteiger partial charge in [-0.1, -0.05) is 13.2 Å². The Morgan fingerprint density at radius 2 is 2.25 bits per heavy atom. The van der Waals surface area contributed by atoms with Gasteiger partial charge in [-0.25, -0.2) is 4.39 Å². The van der Waals surface area contributed by atoms with Crippen molar-refractivity contribution in [1.29, 1.82) is 0 Å². The molecule has 1 saturated heterocycles. The summed E-state index contributed by atoms with van der Waals surface area (Å²) in [4.78, 5) is 0. The van der Waals surface area contributed by atoms with E-state index in [-0.39, 0.29) is 0 Å². The van der Waals surface area contributed by atoms with E-state index >= 15 is 0 Å². The highest BCUT2D eigenvalue weighted by Gasteiger charge is 2.14. The van der Waals surface area contributed by atoms with Crippen LogP contribution >= 0.6 is 0 Å². The molecule has 0 radical (unpaired) electrons. The fourth-order valence-electron chi connectivity index (χ4n) is 1.17. The lowest BCUT2D eigenvalue weighted by atomic mass is 10.0. The number of ether oxygens (including phenoxy) is 1. The zero-order chi connectivity index (χ0) is 9.14. The summed E-state index contributed by atoms with van der Waals surface area (Å²) < 4.78 is 18.0. The van der Waals surface area contributed by atoms with Crippen molar-refractivity contribution in [1.82, 2.24) is 0 Å². The molecule has 0 aromatic rings. The van der Waals surface area contributed by atoms with Crippen LogP contribution in [0.5, 0.6) is 0 Å². The second-order valence-corrected chi connectivity index (χ2v) is 2.91. The van der Waals surface area contributed by atoms with E-state index in [4.69, 9.17) is 4.74 Å². The third-order valence-corrected chi connectivity index (χ3v) is 1.94. The van der Waals surface area contributed by atoms with Crippen molar-refractivity contribution in [3.63, 3.8) is 0 Å². The van der Waals surface area contributed by atoms with Gasteiger partial charge in [0.15, 0.2) is 0 Å². The molecule has 0 N–H and O–H groups in total. The van der Waals surface area contributed by atoms with Crippen LogP contribution in [0.1, 0.15) is 19.8 Å². The van der Waals surface area contributed by atoms with E-state index in [1.165, 1.54) is 0 Å². The Bertz CT molecular complexity index is 251. The number of rotatable bonds is 1. The maximum Gasteiger partial charge on any atom is 0.127 e. The van der Waals surface area contributed by atoms with Gasteiger partial charge in [-0.05, 0) is 25.3 Å². The smallest absolute Gasteiger partial charge is 0.127 e. The summed E-state index contributed by atoms with van der Waals surface area (Å²) in [6.45, 7) is 9.34. The van der Waals surface area contributed by atoms with Gasteiger partial charge in [-0.3, -0.25) is 0 Å². The van der Waals surface area contributed by atoms with Crippen molar-refractivity contribution >= 4 is 0 Å². The molecule has 1 aliphatic rings. The van der Waals surface area contributed by atoms with Crippen molar-refractivity contribution in [3.05, 3.63) is 35.9 Å². The van der Waals surface area contributed by atoms with E-state index in [2.05, 4.69) is 13.2 Å². The van der Waals surface area contributed by atoms with E-state index in [0.29, 0.717) is 17.9 Å². The molecule has 0 unspecified atom stereocenters. The minimum Gasteiger partial charge on any atom is -0.493 e. The van der Waals surface area contributed by atoms with Crippen molar-refractivity contribution in [2.24, 2.45) is 0 Å². The molecule has 0 aliphatic carbocycles. The lowest BCUT2D eigenvalue weighted by Crippen LogP contribution is -2.07. The monoisotopic (exact) mass is 168 g/mol. The molecule has 66 valence electrons. The van der Waals surface area contributed by atoms with Crippen LogP contribution in [0.25, 0.3) is 0 Å². The molecule has 0 aromatic heterocycles. The fourth-order valence-corrected chi connectivity index (χ4v) is 1.17. The van der Waals surface area contributed by atoms with Gasteiger partial charge in [-0.15, -0.1) is 0 Å². The first-order chi connectivity index (χ1) is 5.63. The zero-order valence-corrected chi connectivity index (χ0v) is 7.32. The topological polar surface area (TPSA) is 9.23 Å². The van der Waals surface area contributed by atoms with Crippen LogP contribution in [0.2, 0.25) is 0 Å². The van der Waals surface area contributed by atoms with Crippen molar-refractivity contribution in [3.8, 4) is 0 Å². The largest absolute Gasteiger partial charge is 0.493 e. The van der Waals surface area contributed by atoms with Gasteiger partial charge in [0.05, 0.1) is 6.61 Å². The summed E-state index contributed by atoms with van der Waals surface area (Å²) in [5.41, 5.74) is 1.34. The van der Waals surface area contributed by atoms with Gasteiger partial charge >= 0.3 is 0 Å². The molecule has 2 heteroatoms. The number of hydrogen-bond acceptors (Lipinski definition) is 1. The van der Waals surface area contributed by atoms with Crippen molar-refractivity contribution < 1.29 is 9.13 Å². The van der Waals surface area contributed by atoms with Crippen LogP contribution in [0.4, 0.5) is 4.39 Å². The Hall–Kier alpha value is -1.05. The van der Waals surface area contributed by atoms with Gasteiger partial charge in [-0.2, -0.15) is 0 Å². The second kappa shape index (κ2) is 3.57. The molecule has 0 saturated carbocycles. The molecule has 1 heterocycles. The first kappa shape index (κ1) is 9.04. The average Bonchev–Trinajstić information content (AvgIpc) is 2.04. The van der Waals surface area contributed by atoms with Gasteiger partial charge in [0.1, 0.15) is 11.6 Å². The molecule has 1 fully saturated rings. The predicted molar refractivity (Wildman–Crippen MR) is 47.3 cm³/mol. The molecular weight excluding hydrogens is 155 g/mol. The molecule has 0 bridgehead atoms. The Morgan fingerprint density at radius 1 is 1.58 bits per heavy atom. The average molecular weight is 168 g/mol. The standard InChI is InChI=1S/C10H13FO/c1-7-5-4-6-12-10(7)8(2)9(3)11/h1,3-6H2,2H3/b10-8+. The summed E-state index contributed by atoms with van der Waals surface area (Å²) in [5.74, 6) is 0.154. The molecular formula is C10H13FO. The SMILES string of the molecule is C=C(F)/C(C)=C1/OCCCC1=C. The Balaban J connectivity index is 2.90. The third kappa shape index (κ3) is 1.76. The Kier molecular flexibility index (Phi) is 2.69. The minimum absolute atomic E-state index is 0.437. The highest BCUT2D eigenvalue weighted by molar-refractivity contribution is 5.36. The fraction of sp³-hybridized carbons (Fsp3) is 0.400. The summed E-state index contributed by atoms with van der Waals surface area (Å²) in [6, 6.07) is 0. The Morgan fingerprint density at radius 3 is 2.75 bits per heavy atom. The highest BCUT2D eigenvalue weighted by atomic mass is 19.1. The Labute approximate surface area is 72.2 Å². The van der Waals surface area contributed by atoms with Crippen molar-refractivity contribution in [2.45, 2.75) is 19.8 Å². The van der Waals surface area contributed by atoms with E-state index in [9.17, 15) is 4.39 Å². The number of halogens is 1. The quantitative estimate of drug-likeness (QED) is 0.584. The summed E-state index contributed by atoms with van der Waals surface area (Å²) >= 11 is 0. The van der Waals surface area contributed by atoms with Crippen LogP contribution in [-0.2, 0) is 4.74 Å². The first-order valence-electron chi connectivity index (χ1n) is 3.99. The predicted octanol–water partition coefficient (Wildman–Crippen LogP) is 3.11. The minimum atomic E-state index is -0.437. The molecule has 1 aliphatic heterocycles. The van der Waals surface area contributed by atoms with E-state index in [0.717, 1.165) is 18.4 Å². The second-order valence-electron chi connectivity index (χ2n) is 2.91. The highest BCUT2D eigenvalue weighted by Crippen LogP contribution is 2.27. The maximum absolute atomic E-state index is 12.7. The molecule has 0 aromatic carbocycles. The zero-order valence-electron chi connectivity index (χ0n) is 7.32. The molecule has 0 spiro atoms. The molecule has 0 amide bonds. The summed E-state index contributed by atoms with van der Waals surface area (Å²) in [5, 5.41) is 0. The number of hydrogen-bond donors (Lipinski definition) is 0. The van der Waals surface area contributed by atoms with Gasteiger partial charge in [0.2, 0.25) is 0 Å². The van der Waals surface area contributed by atoms with Crippen LogP contribution < -0.4 is 0 Å². The number of allylic oxidation sites excluding steroid dienone is 3. The molecule has 0 atom stereocenters. The van der Waals surface area contributed by atoms with Gasteiger partial charge in [0, 0.05) is 5.57 Å². The summed E-state index contributed by atoms with van der Waals surface area (Å²) in [6.07, 6.45) is 1.86. The van der Waals surface area contributed by atoms with E-state index < -0.39 is 5.83 Å². The lowest BCUT2D eigenvalue weighted by Gasteiger charge is -2.20. The lowest BCUT2D eigenvalue weighted by molar-refractivity contribution is 0.190. The molecule has 12 heavy (non-hydrogen) atoms. The first-order valence-corrected chi connectivity index (χ1v) is 3.99. The van der Waals surface area contributed by atoms with Crippen molar-refractivity contribution in [2.75, 3.05) is 6.61 Å². The van der Waals surface area contributed by atoms with E-state index in [1.807, 2.05) is 0 Å². The van der Waals surface area contributed by atoms with Crippen LogP contribution in [0.3, 0.4) is 0 Å². The van der Waals surface area contributed by atoms with Crippen LogP contribution in [0.15, 0.2) is 35.9 Å². The van der Waals surface area contributed by atoms with Gasteiger partial charge < -0.3 is 4.74 Å². The molecule has 1 rings (SSSR count). The maximum atomic E-state index is 12.7. The van der Waals surface area contributed by atoms with Crippen LogP contribution in [0, 0.1) is 0 Å². The van der Waals surface area contributed by atoms with Crippen LogP contribution in [-0.4, -0.2) is 6.61 Å².